The van der Waals surface area contributed by atoms with E-state index in [-0.39, 0.29) is 5.91 Å². The van der Waals surface area contributed by atoms with Crippen molar-refractivity contribution in [2.24, 2.45) is 0 Å². The quantitative estimate of drug-likeness (QED) is 0.772. The summed E-state index contributed by atoms with van der Waals surface area (Å²) >= 11 is 0. The molecular formula is C21H23N5O. The molecule has 2 aromatic carbocycles. The lowest BCUT2D eigenvalue weighted by atomic mass is 10.1. The van der Waals surface area contributed by atoms with Gasteiger partial charge in [0.05, 0.1) is 11.4 Å². The molecule has 0 bridgehead atoms. The van der Waals surface area contributed by atoms with Gasteiger partial charge in [0, 0.05) is 24.5 Å². The minimum absolute atomic E-state index is 0.244. The van der Waals surface area contributed by atoms with Gasteiger partial charge in [0.15, 0.2) is 5.69 Å². The maximum atomic E-state index is 12.7. The Bertz CT molecular complexity index is 990. The molecular weight excluding hydrogens is 338 g/mol. The van der Waals surface area contributed by atoms with Crippen LogP contribution in [0.4, 0.5) is 11.4 Å². The summed E-state index contributed by atoms with van der Waals surface area (Å²) in [6.07, 6.45) is 1.06. The lowest BCUT2D eigenvalue weighted by Crippen LogP contribution is -2.19. The predicted molar refractivity (Wildman–Crippen MR) is 107 cm³/mol. The molecule has 0 spiro atoms. The van der Waals surface area contributed by atoms with Gasteiger partial charge in [-0.05, 0) is 57.0 Å². The fourth-order valence-corrected chi connectivity index (χ4v) is 3.51. The van der Waals surface area contributed by atoms with Crippen molar-refractivity contribution in [3.63, 3.8) is 0 Å². The number of benzene rings is 2. The van der Waals surface area contributed by atoms with Crippen LogP contribution in [0.5, 0.6) is 0 Å². The van der Waals surface area contributed by atoms with Crippen molar-refractivity contribution in [2.45, 2.75) is 27.2 Å². The standard InChI is InChI=1S/C21H23N5O/c1-4-25-12-11-16-7-8-17(13-19(16)25)22-21(27)20-15(3)26(24-23-20)18-9-5-14(2)6-10-18/h5-10,13H,4,11-12H2,1-3H3,(H,22,27). The average molecular weight is 361 g/mol. The van der Waals surface area contributed by atoms with Crippen LogP contribution in [0.1, 0.15) is 34.2 Å². The molecule has 1 aromatic heterocycles. The Hall–Kier alpha value is -3.15. The first kappa shape index (κ1) is 17.3. The van der Waals surface area contributed by atoms with Crippen LogP contribution < -0.4 is 10.2 Å². The Kier molecular flexibility index (Phi) is 4.39. The number of hydrogen-bond donors (Lipinski definition) is 1. The Morgan fingerprint density at radius 3 is 2.67 bits per heavy atom. The van der Waals surface area contributed by atoms with Crippen molar-refractivity contribution in [1.82, 2.24) is 15.0 Å². The summed E-state index contributed by atoms with van der Waals surface area (Å²) in [5.41, 5.74) is 6.43. The summed E-state index contributed by atoms with van der Waals surface area (Å²) in [4.78, 5) is 15.1. The third-order valence-corrected chi connectivity index (χ3v) is 5.10. The van der Waals surface area contributed by atoms with E-state index >= 15 is 0 Å². The van der Waals surface area contributed by atoms with Crippen LogP contribution in [0, 0.1) is 13.8 Å². The van der Waals surface area contributed by atoms with Crippen LogP contribution in [0.3, 0.4) is 0 Å². The molecule has 1 N–H and O–H groups in total. The van der Waals surface area contributed by atoms with Gasteiger partial charge in [0.25, 0.3) is 5.91 Å². The number of likely N-dealkylation sites (N-methyl/N-ethyl adjacent to an activating group) is 1. The van der Waals surface area contributed by atoms with Gasteiger partial charge in [-0.2, -0.15) is 0 Å². The maximum Gasteiger partial charge on any atom is 0.278 e. The van der Waals surface area contributed by atoms with Gasteiger partial charge in [0.1, 0.15) is 0 Å². The number of hydrogen-bond acceptors (Lipinski definition) is 4. The van der Waals surface area contributed by atoms with Crippen molar-refractivity contribution in [3.8, 4) is 5.69 Å². The molecule has 1 amide bonds. The summed E-state index contributed by atoms with van der Waals surface area (Å²) in [7, 11) is 0. The van der Waals surface area contributed by atoms with Crippen LogP contribution in [0.15, 0.2) is 42.5 Å². The van der Waals surface area contributed by atoms with E-state index in [1.54, 1.807) is 4.68 Å². The summed E-state index contributed by atoms with van der Waals surface area (Å²) in [5.74, 6) is -0.244. The second kappa shape index (κ2) is 6.87. The Balaban J connectivity index is 1.57. The highest BCUT2D eigenvalue weighted by atomic mass is 16.2. The van der Waals surface area contributed by atoms with Crippen LogP contribution in [-0.2, 0) is 6.42 Å². The molecule has 0 fully saturated rings. The monoisotopic (exact) mass is 361 g/mol. The smallest absolute Gasteiger partial charge is 0.278 e. The zero-order chi connectivity index (χ0) is 19.0. The van der Waals surface area contributed by atoms with Gasteiger partial charge in [-0.25, -0.2) is 4.68 Å². The second-order valence-corrected chi connectivity index (χ2v) is 6.90. The largest absolute Gasteiger partial charge is 0.371 e. The number of nitrogens with zero attached hydrogens (tertiary/aromatic N) is 4. The van der Waals surface area contributed by atoms with Crippen molar-refractivity contribution in [1.29, 1.82) is 0 Å². The van der Waals surface area contributed by atoms with Gasteiger partial charge in [0.2, 0.25) is 0 Å². The number of aryl methyl sites for hydroxylation is 1. The molecule has 1 aliphatic rings. The lowest BCUT2D eigenvalue weighted by Gasteiger charge is -2.17. The van der Waals surface area contributed by atoms with Gasteiger partial charge in [-0.3, -0.25) is 4.79 Å². The Morgan fingerprint density at radius 1 is 1.15 bits per heavy atom. The van der Waals surface area contributed by atoms with Gasteiger partial charge in [-0.1, -0.05) is 29.0 Å². The fourth-order valence-electron chi connectivity index (χ4n) is 3.51. The average Bonchev–Trinajstić information content (AvgIpc) is 3.25. The van der Waals surface area contributed by atoms with E-state index < -0.39 is 0 Å². The Labute approximate surface area is 158 Å². The van der Waals surface area contributed by atoms with Crippen LogP contribution in [0.2, 0.25) is 0 Å². The molecule has 3 aromatic rings. The number of fused-ring (bicyclic) bond motifs is 1. The number of anilines is 2. The van der Waals surface area contributed by atoms with Crippen molar-refractivity contribution >= 4 is 17.3 Å². The van der Waals surface area contributed by atoms with Gasteiger partial charge < -0.3 is 10.2 Å². The first-order valence-electron chi connectivity index (χ1n) is 9.25. The van der Waals surface area contributed by atoms with E-state index in [1.807, 2.05) is 50.2 Å². The molecule has 0 saturated carbocycles. The van der Waals surface area contributed by atoms with Crippen LogP contribution >= 0.6 is 0 Å². The molecule has 0 radical (unpaired) electrons. The summed E-state index contributed by atoms with van der Waals surface area (Å²) in [6.45, 7) is 8.04. The molecule has 0 unspecified atom stereocenters. The molecule has 2 heterocycles. The number of carbonyl (C=O) groups is 1. The number of nitrogens with one attached hydrogen (secondary N) is 1. The topological polar surface area (TPSA) is 63.1 Å². The molecule has 1 aliphatic heterocycles. The van der Waals surface area contributed by atoms with E-state index in [1.165, 1.54) is 16.8 Å². The van der Waals surface area contributed by atoms with Crippen LogP contribution in [0.25, 0.3) is 5.69 Å². The van der Waals surface area contributed by atoms with E-state index in [0.717, 1.165) is 30.9 Å². The van der Waals surface area contributed by atoms with E-state index in [4.69, 9.17) is 0 Å². The Morgan fingerprint density at radius 2 is 1.93 bits per heavy atom. The van der Waals surface area contributed by atoms with Crippen molar-refractivity contribution in [3.05, 3.63) is 65.0 Å². The number of rotatable bonds is 4. The SMILES string of the molecule is CCN1CCc2ccc(NC(=O)c3nnn(-c4ccc(C)cc4)c3C)cc21. The van der Waals surface area contributed by atoms with Gasteiger partial charge >= 0.3 is 0 Å². The lowest BCUT2D eigenvalue weighted by molar-refractivity contribution is 0.102. The first-order valence-corrected chi connectivity index (χ1v) is 9.25. The minimum atomic E-state index is -0.244. The van der Waals surface area contributed by atoms with Crippen molar-refractivity contribution in [2.75, 3.05) is 23.3 Å². The third kappa shape index (κ3) is 3.18. The summed E-state index contributed by atoms with van der Waals surface area (Å²) in [6, 6.07) is 14.1. The normalized spacial score (nSPS) is 12.9. The fraction of sp³-hybridized carbons (Fsp3) is 0.286. The molecule has 0 saturated heterocycles. The molecule has 6 nitrogen and oxygen atoms in total. The number of carbonyl (C=O) groups excluding carboxylic acids is 1. The highest BCUT2D eigenvalue weighted by Gasteiger charge is 2.20. The summed E-state index contributed by atoms with van der Waals surface area (Å²) < 4.78 is 1.69. The zero-order valence-electron chi connectivity index (χ0n) is 15.9. The third-order valence-electron chi connectivity index (χ3n) is 5.10. The predicted octanol–water partition coefficient (Wildman–Crippen LogP) is 3.52. The van der Waals surface area contributed by atoms with E-state index in [9.17, 15) is 4.79 Å². The molecule has 27 heavy (non-hydrogen) atoms. The molecule has 4 rings (SSSR count). The molecule has 0 aliphatic carbocycles. The first-order chi connectivity index (χ1) is 13.1. The van der Waals surface area contributed by atoms with E-state index in [0.29, 0.717) is 11.4 Å². The maximum absolute atomic E-state index is 12.7. The minimum Gasteiger partial charge on any atom is -0.371 e. The molecule has 6 heteroatoms. The summed E-state index contributed by atoms with van der Waals surface area (Å²) in [5, 5.41) is 11.2. The zero-order valence-corrected chi connectivity index (χ0v) is 15.9. The molecule has 138 valence electrons. The highest BCUT2D eigenvalue weighted by molar-refractivity contribution is 6.03. The van der Waals surface area contributed by atoms with Crippen LogP contribution in [-0.4, -0.2) is 34.0 Å². The van der Waals surface area contributed by atoms with Crippen molar-refractivity contribution < 1.29 is 4.79 Å². The van der Waals surface area contributed by atoms with E-state index in [2.05, 4.69) is 33.5 Å². The second-order valence-electron chi connectivity index (χ2n) is 6.90. The number of amides is 1. The number of aromatic nitrogens is 3. The highest BCUT2D eigenvalue weighted by Crippen LogP contribution is 2.30. The molecule has 0 atom stereocenters. The van der Waals surface area contributed by atoms with Gasteiger partial charge in [-0.15, -0.1) is 5.10 Å².